The third-order valence-electron chi connectivity index (χ3n) is 4.04. The Morgan fingerprint density at radius 3 is 2.32 bits per heavy atom. The van der Waals surface area contributed by atoms with Gasteiger partial charge in [0.15, 0.2) is 0 Å². The number of amides is 2. The summed E-state index contributed by atoms with van der Waals surface area (Å²) in [5, 5.41) is 21.2. The van der Waals surface area contributed by atoms with Crippen LogP contribution in [0.3, 0.4) is 0 Å². The quantitative estimate of drug-likeness (QED) is 0.0758. The van der Waals surface area contributed by atoms with Crippen molar-refractivity contribution < 1.29 is 42.6 Å². The Hall–Kier alpha value is -3.25. The normalized spacial score (nSPS) is 10.8. The van der Waals surface area contributed by atoms with Gasteiger partial charge in [-0.2, -0.15) is 13.2 Å². The fourth-order valence-electron chi connectivity index (χ4n) is 2.43. The van der Waals surface area contributed by atoms with Crippen LogP contribution >= 0.6 is 38.5 Å². The Kier molecular flexibility index (Phi) is 13.0. The summed E-state index contributed by atoms with van der Waals surface area (Å²) in [5.41, 5.74) is 4.56. The van der Waals surface area contributed by atoms with Gasteiger partial charge < -0.3 is 26.3 Å². The van der Waals surface area contributed by atoms with Gasteiger partial charge in [0.05, 0.1) is 17.9 Å². The van der Waals surface area contributed by atoms with Crippen molar-refractivity contribution in [3.8, 4) is 0 Å². The van der Waals surface area contributed by atoms with Crippen molar-refractivity contribution in [3.05, 3.63) is 55.6 Å². The number of hydrazine groups is 1. The van der Waals surface area contributed by atoms with Crippen LogP contribution in [-0.2, 0) is 20.8 Å². The van der Waals surface area contributed by atoms with Crippen LogP contribution in [-0.4, -0.2) is 53.0 Å². The summed E-state index contributed by atoms with van der Waals surface area (Å²) in [6.07, 6.45) is -3.38. The van der Waals surface area contributed by atoms with E-state index in [0.717, 1.165) is 9.13 Å². The highest BCUT2D eigenvalue weighted by atomic mass is 127. The molecule has 7 N–H and O–H groups in total. The molecule has 0 spiro atoms. The predicted molar refractivity (Wildman–Crippen MR) is 139 cm³/mol. The van der Waals surface area contributed by atoms with Gasteiger partial charge in [0.1, 0.15) is 6.34 Å². The van der Waals surface area contributed by atoms with Gasteiger partial charge in [0.25, 0.3) is 5.91 Å². The summed E-state index contributed by atoms with van der Waals surface area (Å²) in [6.45, 7) is -0.222. The van der Waals surface area contributed by atoms with Crippen molar-refractivity contribution in [3.63, 3.8) is 0 Å². The summed E-state index contributed by atoms with van der Waals surface area (Å²) in [7, 11) is 0. The van der Waals surface area contributed by atoms with Crippen molar-refractivity contribution in [1.29, 1.82) is 0 Å². The van der Waals surface area contributed by atoms with Crippen molar-refractivity contribution in [1.82, 2.24) is 10.7 Å². The number of halogens is 5. The van der Waals surface area contributed by atoms with Gasteiger partial charge in [-0.15, -0.1) is 0 Å². The Bertz CT molecular complexity index is 1160. The van der Waals surface area contributed by atoms with Crippen molar-refractivity contribution >= 4 is 80.0 Å². The van der Waals surface area contributed by atoms with Crippen LogP contribution < -0.4 is 21.9 Å². The van der Waals surface area contributed by atoms with Gasteiger partial charge in [0, 0.05) is 20.0 Å². The Labute approximate surface area is 229 Å². The van der Waals surface area contributed by atoms with E-state index in [1.54, 1.807) is 30.3 Å². The number of aryl methyl sites for hydroxylation is 1. The minimum Gasteiger partial charge on any atom is -0.481 e. The summed E-state index contributed by atoms with van der Waals surface area (Å²) in [4.78, 5) is 48.2. The number of hydrogen-bond acceptors (Lipinski definition) is 6. The molecule has 0 unspecified atom stereocenters. The van der Waals surface area contributed by atoms with Crippen LogP contribution in [0.2, 0.25) is 0 Å². The number of alkyl halides is 3. The lowest BCUT2D eigenvalue weighted by Crippen LogP contribution is -2.33. The molecule has 2 aromatic carbocycles. The third-order valence-corrected chi connectivity index (χ3v) is 5.52. The maximum Gasteiger partial charge on any atom is 0.490 e. The third kappa shape index (κ3) is 12.0. The second kappa shape index (κ2) is 15.1. The second-order valence-corrected chi connectivity index (χ2v) is 8.85. The van der Waals surface area contributed by atoms with Gasteiger partial charge in [-0.05, 0) is 80.8 Å². The zero-order valence-corrected chi connectivity index (χ0v) is 22.3. The van der Waals surface area contributed by atoms with E-state index in [2.05, 4.69) is 59.6 Å². The maximum atomic E-state index is 12.3. The second-order valence-electron chi connectivity index (χ2n) is 6.84. The number of benzene rings is 2. The molecule has 37 heavy (non-hydrogen) atoms. The molecule has 16 heteroatoms. The van der Waals surface area contributed by atoms with E-state index in [0.29, 0.717) is 27.8 Å². The summed E-state index contributed by atoms with van der Waals surface area (Å²) in [5.74, 6) is 0.678. The molecular weight excluding hydrogens is 682 g/mol. The number of hydrogen-bond donors (Lipinski definition) is 6. The standard InChI is InChI=1S/C19H19BrIN5O4.C2HF3O2/c20-14-6-11(4-5-17(28)29)7-15(21)18(14)26-16(27)9-23-19(30)12-2-1-3-13(8-12)24-10-25-22;3-2(4,5)1(6)7/h1-3,6-8,10H,4-5,9,22H2,(H,23,30)(H,24,25)(H,26,27)(H,28,29);(H,6,7). The molecule has 0 aliphatic heterocycles. The van der Waals surface area contributed by atoms with E-state index in [-0.39, 0.29) is 13.0 Å². The van der Waals surface area contributed by atoms with Gasteiger partial charge in [-0.25, -0.2) is 15.6 Å². The minimum absolute atomic E-state index is 0.0233. The fourth-order valence-corrected chi connectivity index (χ4v) is 4.23. The number of carboxylic acids is 2. The molecule has 0 saturated carbocycles. The molecule has 2 rings (SSSR count). The lowest BCUT2D eigenvalue weighted by atomic mass is 10.1. The molecule has 0 aliphatic carbocycles. The number of nitrogens with zero attached hydrogens (tertiary/aromatic N) is 1. The molecule has 0 radical (unpaired) electrons. The van der Waals surface area contributed by atoms with Crippen LogP contribution in [0.5, 0.6) is 0 Å². The molecule has 0 fully saturated rings. The average molecular weight is 702 g/mol. The highest BCUT2D eigenvalue weighted by Crippen LogP contribution is 2.30. The molecule has 0 aromatic heterocycles. The Morgan fingerprint density at radius 1 is 1.14 bits per heavy atom. The first-order chi connectivity index (χ1) is 17.2. The summed E-state index contributed by atoms with van der Waals surface area (Å²) >= 11 is 5.46. The highest BCUT2D eigenvalue weighted by molar-refractivity contribution is 14.1. The molecule has 0 aliphatic rings. The molecule has 0 bridgehead atoms. The van der Waals surface area contributed by atoms with E-state index in [4.69, 9.17) is 20.9 Å². The van der Waals surface area contributed by atoms with Crippen molar-refractivity contribution in [2.24, 2.45) is 10.8 Å². The number of nitrogens with one attached hydrogen (secondary N) is 3. The number of carboxylic acid groups (broad SMARTS) is 2. The Morgan fingerprint density at radius 2 is 1.78 bits per heavy atom. The first-order valence-electron chi connectivity index (χ1n) is 9.91. The number of rotatable bonds is 9. The van der Waals surface area contributed by atoms with E-state index < -0.39 is 29.9 Å². The number of nitrogens with two attached hydrogens (primary N) is 1. The maximum absolute atomic E-state index is 12.3. The van der Waals surface area contributed by atoms with E-state index in [1.165, 1.54) is 6.34 Å². The number of anilines is 1. The molecule has 0 atom stereocenters. The van der Waals surface area contributed by atoms with Crippen LogP contribution in [0.15, 0.2) is 45.9 Å². The number of aliphatic imine (C=N–C) groups is 1. The molecule has 2 amide bonds. The monoisotopic (exact) mass is 701 g/mol. The fraction of sp³-hybridized carbons (Fsp3) is 0.190. The predicted octanol–water partition coefficient (Wildman–Crippen LogP) is 3.20. The van der Waals surface area contributed by atoms with Crippen LogP contribution in [0, 0.1) is 3.57 Å². The number of aliphatic carboxylic acids is 2. The molecule has 11 nitrogen and oxygen atoms in total. The minimum atomic E-state index is -5.08. The van der Waals surface area contributed by atoms with Gasteiger partial charge in [-0.3, -0.25) is 14.4 Å². The van der Waals surface area contributed by atoms with E-state index in [1.807, 2.05) is 6.07 Å². The first kappa shape index (κ1) is 31.8. The SMILES string of the molecule is NNC=Nc1cccc(C(=O)NCC(=O)Nc2c(Br)cc(CCC(=O)O)cc2I)c1.O=C(O)C(F)(F)F. The average Bonchev–Trinajstić information content (AvgIpc) is 2.82. The van der Waals surface area contributed by atoms with Crippen LogP contribution in [0.1, 0.15) is 22.3 Å². The zero-order chi connectivity index (χ0) is 28.2. The molecule has 2 aromatic rings. The van der Waals surface area contributed by atoms with E-state index >= 15 is 0 Å². The summed E-state index contributed by atoms with van der Waals surface area (Å²) < 4.78 is 33.1. The van der Waals surface area contributed by atoms with Gasteiger partial charge in [-0.1, -0.05) is 6.07 Å². The lowest BCUT2D eigenvalue weighted by molar-refractivity contribution is -0.192. The Balaban J connectivity index is 0.000000856. The van der Waals surface area contributed by atoms with Gasteiger partial charge >= 0.3 is 18.1 Å². The smallest absolute Gasteiger partial charge is 0.481 e. The van der Waals surface area contributed by atoms with Gasteiger partial charge in [0.2, 0.25) is 5.91 Å². The number of carbonyl (C=O) groups is 4. The van der Waals surface area contributed by atoms with E-state index in [9.17, 15) is 27.6 Å². The molecule has 0 saturated heterocycles. The van der Waals surface area contributed by atoms with Crippen molar-refractivity contribution in [2.75, 3.05) is 11.9 Å². The van der Waals surface area contributed by atoms with Crippen LogP contribution in [0.4, 0.5) is 24.5 Å². The van der Waals surface area contributed by atoms with Crippen LogP contribution in [0.25, 0.3) is 0 Å². The molecule has 200 valence electrons. The zero-order valence-electron chi connectivity index (χ0n) is 18.6. The molecular formula is C21H20BrF3IN5O6. The molecule has 0 heterocycles. The largest absolute Gasteiger partial charge is 0.490 e. The summed E-state index contributed by atoms with van der Waals surface area (Å²) in [6, 6.07) is 10.1. The highest BCUT2D eigenvalue weighted by Gasteiger charge is 2.38. The first-order valence-corrected chi connectivity index (χ1v) is 11.8. The topological polar surface area (TPSA) is 183 Å². The lowest BCUT2D eigenvalue weighted by Gasteiger charge is -2.12. The van der Waals surface area contributed by atoms with Crippen molar-refractivity contribution in [2.45, 2.75) is 19.0 Å². The number of carbonyl (C=O) groups excluding carboxylic acids is 2.